The van der Waals surface area contributed by atoms with Gasteiger partial charge in [-0.15, -0.1) is 5.10 Å². The molecule has 1 saturated heterocycles. The van der Waals surface area contributed by atoms with Crippen molar-refractivity contribution in [1.29, 1.82) is 0 Å². The molecular formula is C13H22N4O. The molecule has 1 fully saturated rings. The van der Waals surface area contributed by atoms with E-state index >= 15 is 0 Å². The molecule has 0 saturated carbocycles. The first-order valence-electron chi connectivity index (χ1n) is 6.65. The second-order valence-corrected chi connectivity index (χ2v) is 4.62. The van der Waals surface area contributed by atoms with Crippen LogP contribution in [0, 0.1) is 0 Å². The van der Waals surface area contributed by atoms with E-state index in [1.807, 2.05) is 6.07 Å². The lowest BCUT2D eigenvalue weighted by Crippen LogP contribution is -2.37. The molecule has 2 rings (SSSR count). The first-order valence-corrected chi connectivity index (χ1v) is 6.65. The molecule has 0 atom stereocenters. The summed E-state index contributed by atoms with van der Waals surface area (Å²) in [5.41, 5.74) is 0.987. The summed E-state index contributed by atoms with van der Waals surface area (Å²) in [6.45, 7) is 5.51. The number of nitrogens with zero attached hydrogens (tertiary/aromatic N) is 3. The average molecular weight is 250 g/mol. The van der Waals surface area contributed by atoms with E-state index < -0.39 is 0 Å². The van der Waals surface area contributed by atoms with Crippen molar-refractivity contribution in [2.45, 2.75) is 32.4 Å². The van der Waals surface area contributed by atoms with Crippen LogP contribution in [0.2, 0.25) is 0 Å². The van der Waals surface area contributed by atoms with Crippen molar-refractivity contribution < 1.29 is 4.74 Å². The van der Waals surface area contributed by atoms with Crippen molar-refractivity contribution in [3.05, 3.63) is 17.8 Å². The van der Waals surface area contributed by atoms with Gasteiger partial charge in [-0.05, 0) is 31.5 Å². The fourth-order valence-electron chi connectivity index (χ4n) is 2.15. The number of rotatable bonds is 5. The van der Waals surface area contributed by atoms with Crippen LogP contribution in [0.25, 0.3) is 0 Å². The van der Waals surface area contributed by atoms with Crippen LogP contribution >= 0.6 is 0 Å². The standard InChI is InChI=1S/C13H22N4O/c1-3-14-10-11-4-5-13(16-15-11)17(2)12-6-8-18-9-7-12/h4-5,12,14H,3,6-10H2,1-2H3. The van der Waals surface area contributed by atoms with Crippen molar-refractivity contribution in [2.24, 2.45) is 0 Å². The summed E-state index contributed by atoms with van der Waals surface area (Å²) in [7, 11) is 2.09. The fourth-order valence-corrected chi connectivity index (χ4v) is 2.15. The highest BCUT2D eigenvalue weighted by atomic mass is 16.5. The summed E-state index contributed by atoms with van der Waals surface area (Å²) in [4.78, 5) is 2.21. The summed E-state index contributed by atoms with van der Waals surface area (Å²) in [5, 5.41) is 11.8. The first kappa shape index (κ1) is 13.2. The Balaban J connectivity index is 1.95. The van der Waals surface area contributed by atoms with Gasteiger partial charge in [-0.25, -0.2) is 0 Å². The monoisotopic (exact) mass is 250 g/mol. The number of nitrogens with one attached hydrogen (secondary N) is 1. The molecule has 0 amide bonds. The van der Waals surface area contributed by atoms with Gasteiger partial charge >= 0.3 is 0 Å². The van der Waals surface area contributed by atoms with Crippen LogP contribution in [-0.2, 0) is 11.3 Å². The lowest BCUT2D eigenvalue weighted by molar-refractivity contribution is 0.0853. The SMILES string of the molecule is CCNCc1ccc(N(C)C2CCOCC2)nn1. The molecule has 0 spiro atoms. The quantitative estimate of drug-likeness (QED) is 0.851. The minimum Gasteiger partial charge on any atom is -0.381 e. The van der Waals surface area contributed by atoms with Crippen LogP contribution in [0.3, 0.4) is 0 Å². The molecule has 1 aromatic heterocycles. The van der Waals surface area contributed by atoms with Crippen LogP contribution in [0.15, 0.2) is 12.1 Å². The Bertz CT molecular complexity index is 349. The van der Waals surface area contributed by atoms with E-state index in [9.17, 15) is 0 Å². The Morgan fingerprint density at radius 3 is 2.72 bits per heavy atom. The van der Waals surface area contributed by atoms with E-state index in [1.165, 1.54) is 0 Å². The summed E-state index contributed by atoms with van der Waals surface area (Å²) in [5.74, 6) is 0.946. The lowest BCUT2D eigenvalue weighted by atomic mass is 10.1. The number of ether oxygens (including phenoxy) is 1. The van der Waals surface area contributed by atoms with Crippen LogP contribution in [0.4, 0.5) is 5.82 Å². The smallest absolute Gasteiger partial charge is 0.151 e. The summed E-state index contributed by atoms with van der Waals surface area (Å²) >= 11 is 0. The van der Waals surface area contributed by atoms with Gasteiger partial charge in [0.05, 0.1) is 5.69 Å². The normalized spacial score (nSPS) is 16.8. The number of anilines is 1. The third-order valence-electron chi connectivity index (χ3n) is 3.36. The molecule has 18 heavy (non-hydrogen) atoms. The van der Waals surface area contributed by atoms with Crippen molar-refractivity contribution in [2.75, 3.05) is 31.7 Å². The first-order chi connectivity index (χ1) is 8.81. The van der Waals surface area contributed by atoms with Gasteiger partial charge in [0.2, 0.25) is 0 Å². The highest BCUT2D eigenvalue weighted by Crippen LogP contribution is 2.18. The predicted octanol–water partition coefficient (Wildman–Crippen LogP) is 1.20. The third kappa shape index (κ3) is 3.40. The van der Waals surface area contributed by atoms with Crippen molar-refractivity contribution in [1.82, 2.24) is 15.5 Å². The molecule has 0 aromatic carbocycles. The number of aromatic nitrogens is 2. The van der Waals surface area contributed by atoms with E-state index in [1.54, 1.807) is 0 Å². The van der Waals surface area contributed by atoms with E-state index in [0.29, 0.717) is 6.04 Å². The third-order valence-corrected chi connectivity index (χ3v) is 3.36. The van der Waals surface area contributed by atoms with Gasteiger partial charge in [-0.1, -0.05) is 6.92 Å². The largest absolute Gasteiger partial charge is 0.381 e. The molecule has 1 aliphatic heterocycles. The zero-order valence-corrected chi connectivity index (χ0v) is 11.2. The Morgan fingerprint density at radius 1 is 1.33 bits per heavy atom. The molecule has 1 N–H and O–H groups in total. The average Bonchev–Trinajstić information content (AvgIpc) is 2.46. The summed E-state index contributed by atoms with van der Waals surface area (Å²) in [6.07, 6.45) is 2.13. The molecule has 2 heterocycles. The Kier molecular flexibility index (Phi) is 4.90. The van der Waals surface area contributed by atoms with E-state index in [-0.39, 0.29) is 0 Å². The van der Waals surface area contributed by atoms with Gasteiger partial charge in [-0.2, -0.15) is 5.10 Å². The maximum absolute atomic E-state index is 5.38. The predicted molar refractivity (Wildman–Crippen MR) is 71.7 cm³/mol. The number of hydrogen-bond acceptors (Lipinski definition) is 5. The van der Waals surface area contributed by atoms with Crippen LogP contribution in [0.5, 0.6) is 0 Å². The van der Waals surface area contributed by atoms with Crippen molar-refractivity contribution in [3.63, 3.8) is 0 Å². The topological polar surface area (TPSA) is 50.3 Å². The van der Waals surface area contributed by atoms with Gasteiger partial charge in [0.15, 0.2) is 5.82 Å². The highest BCUT2D eigenvalue weighted by molar-refractivity contribution is 5.37. The molecule has 0 radical (unpaired) electrons. The maximum atomic E-state index is 5.38. The molecule has 1 aliphatic rings. The molecule has 5 nitrogen and oxygen atoms in total. The minimum atomic E-state index is 0.521. The van der Waals surface area contributed by atoms with Crippen molar-refractivity contribution >= 4 is 5.82 Å². The minimum absolute atomic E-state index is 0.521. The molecule has 0 bridgehead atoms. The second kappa shape index (κ2) is 6.66. The van der Waals surface area contributed by atoms with E-state index in [2.05, 4.69) is 40.5 Å². The molecule has 1 aromatic rings. The summed E-state index contributed by atoms with van der Waals surface area (Å²) < 4.78 is 5.38. The maximum Gasteiger partial charge on any atom is 0.151 e. The molecule has 100 valence electrons. The zero-order chi connectivity index (χ0) is 12.8. The molecule has 0 unspecified atom stereocenters. The van der Waals surface area contributed by atoms with Gasteiger partial charge in [0.25, 0.3) is 0 Å². The molecule has 0 aliphatic carbocycles. The van der Waals surface area contributed by atoms with Crippen LogP contribution in [-0.4, -0.2) is 43.0 Å². The van der Waals surface area contributed by atoms with Crippen LogP contribution in [0.1, 0.15) is 25.5 Å². The van der Waals surface area contributed by atoms with Gasteiger partial charge in [0, 0.05) is 32.8 Å². The molecule has 5 heteroatoms. The van der Waals surface area contributed by atoms with Crippen molar-refractivity contribution in [3.8, 4) is 0 Å². The number of hydrogen-bond donors (Lipinski definition) is 1. The fraction of sp³-hybridized carbons (Fsp3) is 0.692. The van der Waals surface area contributed by atoms with E-state index in [4.69, 9.17) is 4.74 Å². The zero-order valence-electron chi connectivity index (χ0n) is 11.2. The second-order valence-electron chi connectivity index (χ2n) is 4.62. The van der Waals surface area contributed by atoms with Gasteiger partial charge in [-0.3, -0.25) is 0 Å². The summed E-state index contributed by atoms with van der Waals surface area (Å²) in [6, 6.07) is 4.61. The van der Waals surface area contributed by atoms with Crippen LogP contribution < -0.4 is 10.2 Å². The Hall–Kier alpha value is -1.20. The van der Waals surface area contributed by atoms with Gasteiger partial charge in [0.1, 0.15) is 0 Å². The highest BCUT2D eigenvalue weighted by Gasteiger charge is 2.19. The Labute approximate surface area is 109 Å². The van der Waals surface area contributed by atoms with E-state index in [0.717, 1.165) is 50.7 Å². The molecular weight excluding hydrogens is 228 g/mol. The van der Waals surface area contributed by atoms with Gasteiger partial charge < -0.3 is 15.0 Å². The Morgan fingerprint density at radius 2 is 2.11 bits per heavy atom. The lowest BCUT2D eigenvalue weighted by Gasteiger charge is -2.31.